The van der Waals surface area contributed by atoms with E-state index in [1.807, 2.05) is 49.4 Å². The van der Waals surface area contributed by atoms with Crippen molar-refractivity contribution in [3.05, 3.63) is 65.7 Å². The van der Waals surface area contributed by atoms with Gasteiger partial charge < -0.3 is 9.53 Å². The molecule has 1 aliphatic heterocycles. The molecule has 0 amide bonds. The Morgan fingerprint density at radius 1 is 1.14 bits per heavy atom. The first-order valence-electron chi connectivity index (χ1n) is 10.1. The van der Waals surface area contributed by atoms with Gasteiger partial charge in [0, 0.05) is 18.0 Å². The minimum atomic E-state index is -3.72. The lowest BCUT2D eigenvalue weighted by Gasteiger charge is -2.49. The zero-order valence-electron chi connectivity index (χ0n) is 16.7. The summed E-state index contributed by atoms with van der Waals surface area (Å²) in [5, 5.41) is 0. The summed E-state index contributed by atoms with van der Waals surface area (Å²) in [6, 6.07) is 16.6. The molecule has 2 aromatic rings. The fraction of sp³-hybridized carbons (Fsp3) is 0.435. The molecule has 5 nitrogen and oxygen atoms in total. The van der Waals surface area contributed by atoms with Crippen molar-refractivity contribution in [2.75, 3.05) is 6.61 Å². The van der Waals surface area contributed by atoms with Crippen LogP contribution in [0.3, 0.4) is 0 Å². The van der Waals surface area contributed by atoms with Crippen molar-refractivity contribution in [1.82, 2.24) is 4.31 Å². The second-order valence-electron chi connectivity index (χ2n) is 8.21. The largest absolute Gasteiger partial charge is 0.375 e. The van der Waals surface area contributed by atoms with Crippen molar-refractivity contribution in [1.29, 1.82) is 0 Å². The Balaban J connectivity index is 1.60. The number of ether oxygens (including phenoxy) is 1. The third-order valence-corrected chi connectivity index (χ3v) is 8.50. The zero-order valence-corrected chi connectivity index (χ0v) is 17.5. The summed E-state index contributed by atoms with van der Waals surface area (Å²) in [5.41, 5.74) is 1.48. The lowest BCUT2D eigenvalue weighted by molar-refractivity contribution is -0.111. The molecule has 3 atom stereocenters. The molecule has 0 spiro atoms. The molecule has 0 aromatic heterocycles. The van der Waals surface area contributed by atoms with Crippen molar-refractivity contribution in [3.8, 4) is 0 Å². The van der Waals surface area contributed by atoms with Crippen molar-refractivity contribution in [3.63, 3.8) is 0 Å². The standard InChI is InChI=1S/C23H27NO4S/c1-18-7-9-22(10-8-18)29(26,27)24-21(15-20-11-12-23(20,24)13-14-25)17-28-16-19-5-3-2-4-6-19/h2-10,14,20-21H,11-13,15-17H2,1H3/t20-,21+,23+/m0/s1. The van der Waals surface area contributed by atoms with Crippen molar-refractivity contribution < 1.29 is 17.9 Å². The number of hydrogen-bond acceptors (Lipinski definition) is 4. The monoisotopic (exact) mass is 413 g/mol. The van der Waals surface area contributed by atoms with Gasteiger partial charge in [0.05, 0.1) is 18.1 Å². The molecule has 0 unspecified atom stereocenters. The minimum Gasteiger partial charge on any atom is -0.375 e. The summed E-state index contributed by atoms with van der Waals surface area (Å²) >= 11 is 0. The molecule has 2 aliphatic rings. The molecule has 2 fully saturated rings. The summed E-state index contributed by atoms with van der Waals surface area (Å²) in [6.45, 7) is 2.71. The number of hydrogen-bond donors (Lipinski definition) is 0. The van der Waals surface area contributed by atoms with E-state index in [-0.39, 0.29) is 23.3 Å². The Morgan fingerprint density at radius 3 is 2.48 bits per heavy atom. The summed E-state index contributed by atoms with van der Waals surface area (Å²) in [7, 11) is -3.72. The first-order chi connectivity index (χ1) is 14.0. The zero-order chi connectivity index (χ0) is 20.5. The molecule has 29 heavy (non-hydrogen) atoms. The predicted octanol–water partition coefficient (Wildman–Crippen LogP) is 3.71. The van der Waals surface area contributed by atoms with Gasteiger partial charge >= 0.3 is 0 Å². The highest BCUT2D eigenvalue weighted by Gasteiger charge is 2.62. The second kappa shape index (κ2) is 8.01. The van der Waals surface area contributed by atoms with Crippen LogP contribution in [-0.4, -0.2) is 37.2 Å². The SMILES string of the molecule is Cc1ccc(S(=O)(=O)N2[C@@H](COCc3ccccc3)C[C@@H]3CC[C@@]32CC=O)cc1. The van der Waals surface area contributed by atoms with Gasteiger partial charge in [-0.2, -0.15) is 4.31 Å². The van der Waals surface area contributed by atoms with E-state index in [0.29, 0.717) is 13.2 Å². The molecule has 1 saturated carbocycles. The smallest absolute Gasteiger partial charge is 0.243 e. The topological polar surface area (TPSA) is 63.7 Å². The average molecular weight is 414 g/mol. The van der Waals surface area contributed by atoms with Gasteiger partial charge in [-0.05, 0) is 49.8 Å². The number of carbonyl (C=O) groups excluding carboxylic acids is 1. The first-order valence-corrected chi connectivity index (χ1v) is 11.6. The molecule has 1 heterocycles. The molecule has 154 valence electrons. The van der Waals surface area contributed by atoms with E-state index in [4.69, 9.17) is 4.74 Å². The van der Waals surface area contributed by atoms with Crippen LogP contribution < -0.4 is 0 Å². The Hall–Kier alpha value is -2.02. The number of rotatable bonds is 8. The number of nitrogens with zero attached hydrogens (tertiary/aromatic N) is 1. The van der Waals surface area contributed by atoms with E-state index < -0.39 is 15.6 Å². The van der Waals surface area contributed by atoms with Gasteiger partial charge in [-0.15, -0.1) is 0 Å². The predicted molar refractivity (Wildman–Crippen MR) is 111 cm³/mol. The van der Waals surface area contributed by atoms with Crippen LogP contribution in [0.25, 0.3) is 0 Å². The molecule has 2 aromatic carbocycles. The fourth-order valence-electron chi connectivity index (χ4n) is 4.88. The number of benzene rings is 2. The summed E-state index contributed by atoms with van der Waals surface area (Å²) in [4.78, 5) is 11.7. The third kappa shape index (κ3) is 3.65. The molecule has 0 radical (unpaired) electrons. The maximum Gasteiger partial charge on any atom is 0.243 e. The van der Waals surface area contributed by atoms with Crippen LogP contribution in [0.4, 0.5) is 0 Å². The fourth-order valence-corrected chi connectivity index (χ4v) is 6.92. The Labute approximate surface area is 172 Å². The van der Waals surface area contributed by atoms with Gasteiger partial charge in [-0.1, -0.05) is 48.0 Å². The number of aldehydes is 1. The van der Waals surface area contributed by atoms with Gasteiger partial charge in [-0.3, -0.25) is 0 Å². The highest BCUT2D eigenvalue weighted by molar-refractivity contribution is 7.89. The molecular formula is C23H27NO4S. The second-order valence-corrected chi connectivity index (χ2v) is 10.0. The summed E-state index contributed by atoms with van der Waals surface area (Å²) < 4.78 is 34.8. The van der Waals surface area contributed by atoms with Gasteiger partial charge in [0.1, 0.15) is 6.29 Å². The van der Waals surface area contributed by atoms with E-state index >= 15 is 0 Å². The Morgan fingerprint density at radius 2 is 1.86 bits per heavy atom. The van der Waals surface area contributed by atoms with E-state index in [1.165, 1.54) is 0 Å². The number of sulfonamides is 1. The lowest BCUT2D eigenvalue weighted by Crippen LogP contribution is -2.58. The van der Waals surface area contributed by atoms with Crippen LogP contribution in [0.1, 0.15) is 36.8 Å². The van der Waals surface area contributed by atoms with Gasteiger partial charge in [0.25, 0.3) is 0 Å². The quantitative estimate of drug-likeness (QED) is 0.619. The van der Waals surface area contributed by atoms with Crippen LogP contribution in [0.15, 0.2) is 59.5 Å². The van der Waals surface area contributed by atoms with Crippen molar-refractivity contribution >= 4 is 16.3 Å². The Bertz CT molecular complexity index is 958. The molecule has 1 aliphatic carbocycles. The molecule has 4 rings (SSSR count). The molecule has 0 bridgehead atoms. The first kappa shape index (κ1) is 20.3. The van der Waals surface area contributed by atoms with Crippen LogP contribution >= 0.6 is 0 Å². The van der Waals surface area contributed by atoms with Crippen LogP contribution in [0.2, 0.25) is 0 Å². The third-order valence-electron chi connectivity index (χ3n) is 6.45. The molecule has 0 N–H and O–H groups in total. The molecular weight excluding hydrogens is 386 g/mol. The summed E-state index contributed by atoms with van der Waals surface area (Å²) in [5.74, 6) is 0.221. The van der Waals surface area contributed by atoms with E-state index in [0.717, 1.165) is 36.7 Å². The maximum absolute atomic E-state index is 13.6. The van der Waals surface area contributed by atoms with E-state index in [1.54, 1.807) is 16.4 Å². The lowest BCUT2D eigenvalue weighted by atomic mass is 9.66. The highest BCUT2D eigenvalue weighted by Crippen LogP contribution is 2.56. The van der Waals surface area contributed by atoms with Crippen LogP contribution in [0.5, 0.6) is 0 Å². The van der Waals surface area contributed by atoms with Gasteiger partial charge in [0.2, 0.25) is 10.0 Å². The molecule has 6 heteroatoms. The van der Waals surface area contributed by atoms with Gasteiger partial charge in [0.15, 0.2) is 0 Å². The number of fused-ring (bicyclic) bond motifs is 1. The normalized spacial score (nSPS) is 26.7. The number of aryl methyl sites for hydroxylation is 1. The molecule has 1 saturated heterocycles. The minimum absolute atomic E-state index is 0.221. The van der Waals surface area contributed by atoms with Crippen molar-refractivity contribution in [2.45, 2.75) is 55.7 Å². The highest BCUT2D eigenvalue weighted by atomic mass is 32.2. The van der Waals surface area contributed by atoms with Crippen molar-refractivity contribution in [2.24, 2.45) is 5.92 Å². The van der Waals surface area contributed by atoms with Crippen LogP contribution in [0, 0.1) is 12.8 Å². The average Bonchev–Trinajstić information content (AvgIpc) is 2.91. The van der Waals surface area contributed by atoms with Gasteiger partial charge in [-0.25, -0.2) is 8.42 Å². The maximum atomic E-state index is 13.6. The van der Waals surface area contributed by atoms with Crippen LogP contribution in [-0.2, 0) is 26.2 Å². The van der Waals surface area contributed by atoms with E-state index in [2.05, 4.69) is 0 Å². The number of carbonyl (C=O) groups is 1. The summed E-state index contributed by atoms with van der Waals surface area (Å²) in [6.07, 6.45) is 3.56. The Kier molecular flexibility index (Phi) is 5.60. The van der Waals surface area contributed by atoms with E-state index in [9.17, 15) is 13.2 Å².